The molecule has 0 amide bonds. The molecule has 1 aromatic rings. The molecule has 3 unspecified atom stereocenters. The smallest absolute Gasteiger partial charge is 0.138 e. The lowest BCUT2D eigenvalue weighted by molar-refractivity contribution is 0.241. The van der Waals surface area contributed by atoms with Gasteiger partial charge in [0.15, 0.2) is 0 Å². The van der Waals surface area contributed by atoms with Crippen LogP contribution in [0.5, 0.6) is 5.75 Å². The number of pyridine rings is 1. The van der Waals surface area contributed by atoms with E-state index >= 15 is 0 Å². The Labute approximate surface area is 122 Å². The van der Waals surface area contributed by atoms with Crippen molar-refractivity contribution < 1.29 is 4.74 Å². The minimum absolute atomic E-state index is 0.198. The number of ether oxygens (including phenoxy) is 1. The molecule has 0 bridgehead atoms. The first kappa shape index (κ1) is 13.9. The van der Waals surface area contributed by atoms with Gasteiger partial charge < -0.3 is 10.1 Å². The summed E-state index contributed by atoms with van der Waals surface area (Å²) in [6.07, 6.45) is 9.69. The highest BCUT2D eigenvalue weighted by Gasteiger charge is 2.54. The molecule has 0 aliphatic heterocycles. The van der Waals surface area contributed by atoms with Crippen LogP contribution < -0.4 is 10.1 Å². The molecule has 1 heterocycles. The summed E-state index contributed by atoms with van der Waals surface area (Å²) >= 11 is 0. The van der Waals surface area contributed by atoms with Gasteiger partial charge in [-0.3, -0.25) is 4.98 Å². The largest absolute Gasteiger partial charge is 0.489 e. The summed E-state index contributed by atoms with van der Waals surface area (Å²) < 4.78 is 5.78. The van der Waals surface area contributed by atoms with E-state index in [1.165, 1.54) is 31.2 Å². The summed E-state index contributed by atoms with van der Waals surface area (Å²) in [6, 6.07) is 2.60. The number of rotatable bonds is 5. The highest BCUT2D eigenvalue weighted by atomic mass is 16.5. The van der Waals surface area contributed by atoms with E-state index in [0.29, 0.717) is 6.04 Å². The van der Waals surface area contributed by atoms with Gasteiger partial charge in [-0.2, -0.15) is 0 Å². The van der Waals surface area contributed by atoms with Crippen LogP contribution in [0, 0.1) is 17.8 Å². The molecule has 2 aliphatic rings. The Morgan fingerprint density at radius 1 is 1.20 bits per heavy atom. The van der Waals surface area contributed by atoms with E-state index in [0.717, 1.165) is 23.5 Å². The first-order valence-corrected chi connectivity index (χ1v) is 7.99. The molecule has 0 radical (unpaired) electrons. The maximum atomic E-state index is 5.78. The van der Waals surface area contributed by atoms with Crippen molar-refractivity contribution in [1.29, 1.82) is 0 Å². The van der Waals surface area contributed by atoms with Crippen molar-refractivity contribution in [2.45, 2.75) is 51.7 Å². The first-order chi connectivity index (χ1) is 9.70. The Morgan fingerprint density at radius 3 is 2.50 bits per heavy atom. The monoisotopic (exact) mass is 274 g/mol. The molecular formula is C17H26N2O. The lowest BCUT2D eigenvalue weighted by Crippen LogP contribution is -2.20. The number of hydrogen-bond donors (Lipinski definition) is 1. The van der Waals surface area contributed by atoms with Gasteiger partial charge in [-0.25, -0.2) is 0 Å². The van der Waals surface area contributed by atoms with Gasteiger partial charge in [0.2, 0.25) is 0 Å². The Hall–Kier alpha value is -1.09. The van der Waals surface area contributed by atoms with E-state index in [2.05, 4.69) is 37.3 Å². The lowest BCUT2D eigenvalue weighted by Gasteiger charge is -2.18. The van der Waals surface area contributed by atoms with Crippen molar-refractivity contribution >= 4 is 0 Å². The van der Waals surface area contributed by atoms with Crippen LogP contribution in [0.25, 0.3) is 0 Å². The van der Waals surface area contributed by atoms with Gasteiger partial charge in [0, 0.05) is 12.2 Å². The van der Waals surface area contributed by atoms with Gasteiger partial charge >= 0.3 is 0 Å². The number of fused-ring (bicyclic) bond motifs is 1. The van der Waals surface area contributed by atoms with Crippen molar-refractivity contribution in [2.75, 3.05) is 7.05 Å². The molecule has 2 fully saturated rings. The third-order valence-electron chi connectivity index (χ3n) is 4.88. The van der Waals surface area contributed by atoms with Crippen molar-refractivity contribution in [3.63, 3.8) is 0 Å². The summed E-state index contributed by atoms with van der Waals surface area (Å²) in [5.41, 5.74) is 1.28. The highest BCUT2D eigenvalue weighted by molar-refractivity contribution is 5.28. The minimum Gasteiger partial charge on any atom is -0.489 e. The first-order valence-electron chi connectivity index (χ1n) is 7.99. The predicted octanol–water partition coefficient (Wildman–Crippen LogP) is 3.57. The minimum atomic E-state index is 0.198. The van der Waals surface area contributed by atoms with Crippen LogP contribution in [-0.4, -0.2) is 18.1 Å². The zero-order valence-electron chi connectivity index (χ0n) is 12.8. The number of aromatic nitrogens is 1. The predicted molar refractivity (Wildman–Crippen MR) is 80.7 cm³/mol. The molecule has 110 valence electrons. The van der Waals surface area contributed by atoms with Gasteiger partial charge in [0.25, 0.3) is 0 Å². The third-order valence-corrected chi connectivity index (χ3v) is 4.88. The standard InChI is InChI=1S/C17H26N2O/c1-11(2)20-13-8-12(9-19-10-13)17(18-3)16-14-6-4-5-7-15(14)16/h8-11,14-18H,4-7H2,1-3H3. The maximum absolute atomic E-state index is 5.78. The Morgan fingerprint density at radius 2 is 1.90 bits per heavy atom. The summed E-state index contributed by atoms with van der Waals surface area (Å²) in [5.74, 6) is 3.58. The molecule has 3 atom stereocenters. The van der Waals surface area contributed by atoms with Crippen molar-refractivity contribution in [3.8, 4) is 5.75 Å². The lowest BCUT2D eigenvalue weighted by atomic mass is 10.0. The van der Waals surface area contributed by atoms with E-state index in [9.17, 15) is 0 Å². The van der Waals surface area contributed by atoms with E-state index in [-0.39, 0.29) is 6.10 Å². The quantitative estimate of drug-likeness (QED) is 0.891. The van der Waals surface area contributed by atoms with Gasteiger partial charge in [0.1, 0.15) is 5.75 Å². The zero-order valence-corrected chi connectivity index (χ0v) is 12.8. The SMILES string of the molecule is CNC(c1cncc(OC(C)C)c1)C1C2CCCCC21. The van der Waals surface area contributed by atoms with Crippen LogP contribution in [0.15, 0.2) is 18.5 Å². The molecule has 0 aromatic carbocycles. The second kappa shape index (κ2) is 5.72. The van der Waals surface area contributed by atoms with Gasteiger partial charge in [-0.15, -0.1) is 0 Å². The fourth-order valence-corrected chi connectivity index (χ4v) is 4.07. The van der Waals surface area contributed by atoms with Crippen LogP contribution in [0.2, 0.25) is 0 Å². The average molecular weight is 274 g/mol. The average Bonchev–Trinajstić information content (AvgIpc) is 3.14. The van der Waals surface area contributed by atoms with Crippen LogP contribution in [-0.2, 0) is 0 Å². The summed E-state index contributed by atoms with van der Waals surface area (Å²) in [5, 5.41) is 3.52. The fraction of sp³-hybridized carbons (Fsp3) is 0.706. The summed E-state index contributed by atoms with van der Waals surface area (Å²) in [7, 11) is 2.07. The van der Waals surface area contributed by atoms with E-state index in [4.69, 9.17) is 4.74 Å². The Bertz CT molecular complexity index is 448. The fourth-order valence-electron chi connectivity index (χ4n) is 4.07. The molecule has 3 rings (SSSR count). The number of nitrogens with zero attached hydrogens (tertiary/aromatic N) is 1. The molecule has 0 spiro atoms. The van der Waals surface area contributed by atoms with E-state index < -0.39 is 0 Å². The summed E-state index contributed by atoms with van der Waals surface area (Å²) in [6.45, 7) is 4.11. The van der Waals surface area contributed by atoms with E-state index in [1.54, 1.807) is 0 Å². The molecule has 3 nitrogen and oxygen atoms in total. The summed E-state index contributed by atoms with van der Waals surface area (Å²) in [4.78, 5) is 4.37. The molecule has 3 heteroatoms. The Kier molecular flexibility index (Phi) is 3.97. The van der Waals surface area contributed by atoms with Crippen LogP contribution in [0.3, 0.4) is 0 Å². The Balaban J connectivity index is 1.76. The molecule has 20 heavy (non-hydrogen) atoms. The van der Waals surface area contributed by atoms with Crippen LogP contribution in [0.1, 0.15) is 51.1 Å². The van der Waals surface area contributed by atoms with Gasteiger partial charge in [0.05, 0.1) is 12.3 Å². The topological polar surface area (TPSA) is 34.2 Å². The maximum Gasteiger partial charge on any atom is 0.138 e. The number of nitrogens with one attached hydrogen (secondary N) is 1. The van der Waals surface area contributed by atoms with Crippen molar-refractivity contribution in [1.82, 2.24) is 10.3 Å². The normalized spacial score (nSPS) is 29.9. The van der Waals surface area contributed by atoms with Crippen LogP contribution >= 0.6 is 0 Å². The molecular weight excluding hydrogens is 248 g/mol. The molecule has 1 aromatic heterocycles. The van der Waals surface area contributed by atoms with Crippen molar-refractivity contribution in [2.24, 2.45) is 17.8 Å². The third kappa shape index (κ3) is 2.69. The zero-order chi connectivity index (χ0) is 14.1. The second-order valence-corrected chi connectivity index (χ2v) is 6.58. The van der Waals surface area contributed by atoms with Crippen LogP contribution in [0.4, 0.5) is 0 Å². The van der Waals surface area contributed by atoms with Crippen molar-refractivity contribution in [3.05, 3.63) is 24.0 Å². The van der Waals surface area contributed by atoms with Gasteiger partial charge in [-0.1, -0.05) is 12.8 Å². The highest BCUT2D eigenvalue weighted by Crippen LogP contribution is 2.60. The second-order valence-electron chi connectivity index (χ2n) is 6.58. The molecule has 2 aliphatic carbocycles. The van der Waals surface area contributed by atoms with Gasteiger partial charge in [-0.05, 0) is 63.1 Å². The molecule has 1 N–H and O–H groups in total. The molecule has 0 saturated heterocycles. The van der Waals surface area contributed by atoms with E-state index in [1.807, 2.05) is 12.4 Å². The number of hydrogen-bond acceptors (Lipinski definition) is 3. The molecule has 2 saturated carbocycles.